The monoisotopic (exact) mass is 466 g/mol. The molecule has 0 saturated heterocycles. The number of carbonyl (C=O) groups is 1. The van der Waals surface area contributed by atoms with Gasteiger partial charge in [0.25, 0.3) is 5.56 Å². The van der Waals surface area contributed by atoms with Gasteiger partial charge < -0.3 is 5.32 Å². The average Bonchev–Trinajstić information content (AvgIpc) is 2.86. The van der Waals surface area contributed by atoms with Crippen LogP contribution in [0, 0.1) is 6.92 Å². The Morgan fingerprint density at radius 3 is 2.53 bits per heavy atom. The maximum atomic E-state index is 13.3. The molecule has 5 rings (SSSR count). The van der Waals surface area contributed by atoms with Crippen LogP contribution in [0.5, 0.6) is 0 Å². The van der Waals surface area contributed by atoms with Crippen molar-refractivity contribution >= 4 is 45.2 Å². The van der Waals surface area contributed by atoms with E-state index in [9.17, 15) is 9.59 Å². The second kappa shape index (κ2) is 9.49. The van der Waals surface area contributed by atoms with Gasteiger partial charge in [0, 0.05) is 11.6 Å². The molecule has 0 spiro atoms. The Hall–Kier alpha value is -3.97. The van der Waals surface area contributed by atoms with E-state index in [1.165, 1.54) is 11.8 Å². The fourth-order valence-electron chi connectivity index (χ4n) is 3.80. The number of benzene rings is 3. The molecule has 3 aromatic carbocycles. The first-order chi connectivity index (χ1) is 16.6. The lowest BCUT2D eigenvalue weighted by molar-refractivity contribution is -0.113. The van der Waals surface area contributed by atoms with Crippen LogP contribution in [0.1, 0.15) is 11.1 Å². The van der Waals surface area contributed by atoms with Gasteiger partial charge in [-0.15, -0.1) is 0 Å². The number of hydrogen-bond acceptors (Lipinski definition) is 5. The average molecular weight is 467 g/mol. The van der Waals surface area contributed by atoms with Crippen LogP contribution in [-0.2, 0) is 11.3 Å². The standard InChI is InChI=1S/C27H22N4O2S/c1-18-11-13-19(14-12-18)16-31-26(33)21-6-2-3-8-24(21)30-27(31)34-17-25(32)29-23-10-4-9-22-20(23)7-5-15-28-22/h2-15H,16-17H2,1H3,(H,29,32). The minimum Gasteiger partial charge on any atom is -0.325 e. The number of para-hydroxylation sites is 1. The van der Waals surface area contributed by atoms with Gasteiger partial charge in [-0.2, -0.15) is 0 Å². The van der Waals surface area contributed by atoms with E-state index < -0.39 is 0 Å². The topological polar surface area (TPSA) is 76.9 Å². The lowest BCUT2D eigenvalue weighted by Crippen LogP contribution is -2.25. The predicted molar refractivity (Wildman–Crippen MR) is 137 cm³/mol. The summed E-state index contributed by atoms with van der Waals surface area (Å²) in [6.45, 7) is 2.41. The summed E-state index contributed by atoms with van der Waals surface area (Å²) in [4.78, 5) is 35.2. The van der Waals surface area contributed by atoms with E-state index in [1.54, 1.807) is 16.8 Å². The third-order valence-corrected chi connectivity index (χ3v) is 6.52. The highest BCUT2D eigenvalue weighted by atomic mass is 32.2. The fraction of sp³-hybridized carbons (Fsp3) is 0.111. The molecule has 0 unspecified atom stereocenters. The molecule has 2 heterocycles. The molecule has 0 aliphatic heterocycles. The summed E-state index contributed by atoms with van der Waals surface area (Å²) in [5.41, 5.74) is 4.18. The Balaban J connectivity index is 1.42. The molecule has 168 valence electrons. The normalized spacial score (nSPS) is 11.1. The van der Waals surface area contributed by atoms with Gasteiger partial charge in [-0.25, -0.2) is 4.98 Å². The Bertz CT molecular complexity index is 1560. The second-order valence-electron chi connectivity index (χ2n) is 8.00. The molecular weight excluding hydrogens is 444 g/mol. The van der Waals surface area contributed by atoms with Crippen molar-refractivity contribution in [2.24, 2.45) is 0 Å². The quantitative estimate of drug-likeness (QED) is 0.280. The number of hydrogen-bond donors (Lipinski definition) is 1. The van der Waals surface area contributed by atoms with E-state index in [0.29, 0.717) is 28.3 Å². The van der Waals surface area contributed by atoms with Crippen LogP contribution in [-0.4, -0.2) is 26.2 Å². The van der Waals surface area contributed by atoms with Crippen molar-refractivity contribution in [1.29, 1.82) is 0 Å². The van der Waals surface area contributed by atoms with Crippen molar-refractivity contribution in [3.8, 4) is 0 Å². The number of aryl methyl sites for hydroxylation is 1. The minimum atomic E-state index is -0.175. The number of thioether (sulfide) groups is 1. The molecule has 34 heavy (non-hydrogen) atoms. The van der Waals surface area contributed by atoms with Crippen molar-refractivity contribution in [2.75, 3.05) is 11.1 Å². The van der Waals surface area contributed by atoms with Crippen molar-refractivity contribution in [3.63, 3.8) is 0 Å². The molecule has 6 nitrogen and oxygen atoms in total. The first-order valence-electron chi connectivity index (χ1n) is 10.9. The highest BCUT2D eigenvalue weighted by molar-refractivity contribution is 7.99. The van der Waals surface area contributed by atoms with Crippen LogP contribution in [0.15, 0.2) is 95.0 Å². The summed E-state index contributed by atoms with van der Waals surface area (Å²) >= 11 is 1.26. The molecular formula is C27H22N4O2S. The Morgan fingerprint density at radius 2 is 1.68 bits per heavy atom. The first kappa shape index (κ1) is 21.9. The molecule has 1 amide bonds. The summed E-state index contributed by atoms with van der Waals surface area (Å²) in [5.74, 6) is -0.0550. The molecule has 0 radical (unpaired) electrons. The third-order valence-electron chi connectivity index (χ3n) is 5.54. The van der Waals surface area contributed by atoms with Gasteiger partial charge >= 0.3 is 0 Å². The van der Waals surface area contributed by atoms with E-state index in [-0.39, 0.29) is 17.2 Å². The van der Waals surface area contributed by atoms with Crippen LogP contribution < -0.4 is 10.9 Å². The lowest BCUT2D eigenvalue weighted by Gasteiger charge is -2.14. The number of nitrogens with one attached hydrogen (secondary N) is 1. The molecule has 0 bridgehead atoms. The summed E-state index contributed by atoms with van der Waals surface area (Å²) in [6, 6.07) is 24.7. The lowest BCUT2D eigenvalue weighted by atomic mass is 10.1. The SMILES string of the molecule is Cc1ccc(Cn2c(SCC(=O)Nc3cccc4ncccc34)nc3ccccc3c2=O)cc1. The van der Waals surface area contributed by atoms with Crippen molar-refractivity contribution in [2.45, 2.75) is 18.6 Å². The maximum Gasteiger partial charge on any atom is 0.262 e. The predicted octanol–water partition coefficient (Wildman–Crippen LogP) is 5.03. The van der Waals surface area contributed by atoms with Gasteiger partial charge in [0.15, 0.2) is 5.16 Å². The second-order valence-corrected chi connectivity index (χ2v) is 8.94. The number of aromatic nitrogens is 3. The van der Waals surface area contributed by atoms with Gasteiger partial charge in [-0.05, 0) is 48.9 Å². The zero-order valence-electron chi connectivity index (χ0n) is 18.6. The van der Waals surface area contributed by atoms with Crippen LogP contribution in [0.2, 0.25) is 0 Å². The van der Waals surface area contributed by atoms with Crippen LogP contribution in [0.4, 0.5) is 5.69 Å². The molecule has 2 aromatic heterocycles. The van der Waals surface area contributed by atoms with E-state index in [4.69, 9.17) is 4.98 Å². The number of pyridine rings is 1. The number of carbonyl (C=O) groups excluding carboxylic acids is 1. The van der Waals surface area contributed by atoms with Gasteiger partial charge in [0.2, 0.25) is 5.91 Å². The number of amides is 1. The van der Waals surface area contributed by atoms with Gasteiger partial charge in [0.1, 0.15) is 0 Å². The van der Waals surface area contributed by atoms with Crippen molar-refractivity contribution in [1.82, 2.24) is 14.5 Å². The zero-order chi connectivity index (χ0) is 23.5. The molecule has 1 N–H and O–H groups in total. The molecule has 0 saturated carbocycles. The molecule has 0 fully saturated rings. The van der Waals surface area contributed by atoms with E-state index in [1.807, 2.05) is 79.7 Å². The Labute approximate surface area is 200 Å². The fourth-order valence-corrected chi connectivity index (χ4v) is 4.60. The molecule has 5 aromatic rings. The molecule has 0 aliphatic carbocycles. The third kappa shape index (κ3) is 4.56. The van der Waals surface area contributed by atoms with Crippen LogP contribution in [0.25, 0.3) is 21.8 Å². The van der Waals surface area contributed by atoms with Gasteiger partial charge in [-0.3, -0.25) is 19.1 Å². The van der Waals surface area contributed by atoms with Crippen molar-refractivity contribution in [3.05, 3.63) is 107 Å². The largest absolute Gasteiger partial charge is 0.325 e. The highest BCUT2D eigenvalue weighted by Gasteiger charge is 2.14. The van der Waals surface area contributed by atoms with E-state index in [0.717, 1.165) is 22.0 Å². The van der Waals surface area contributed by atoms with Gasteiger partial charge in [-0.1, -0.05) is 59.8 Å². The van der Waals surface area contributed by atoms with Crippen molar-refractivity contribution < 1.29 is 4.79 Å². The number of rotatable bonds is 6. The smallest absolute Gasteiger partial charge is 0.262 e. The highest BCUT2D eigenvalue weighted by Crippen LogP contribution is 2.23. The minimum absolute atomic E-state index is 0.116. The number of anilines is 1. The van der Waals surface area contributed by atoms with E-state index in [2.05, 4.69) is 10.3 Å². The Kier molecular flexibility index (Phi) is 6.10. The summed E-state index contributed by atoms with van der Waals surface area (Å²) in [5, 5.41) is 4.92. The number of nitrogens with zero attached hydrogens (tertiary/aromatic N) is 3. The van der Waals surface area contributed by atoms with Gasteiger partial charge in [0.05, 0.1) is 34.4 Å². The van der Waals surface area contributed by atoms with Crippen LogP contribution >= 0.6 is 11.8 Å². The number of fused-ring (bicyclic) bond motifs is 2. The Morgan fingerprint density at radius 1 is 0.912 bits per heavy atom. The summed E-state index contributed by atoms with van der Waals surface area (Å²) in [7, 11) is 0. The molecule has 0 atom stereocenters. The summed E-state index contributed by atoms with van der Waals surface area (Å²) < 4.78 is 1.65. The summed E-state index contributed by atoms with van der Waals surface area (Å²) in [6.07, 6.45) is 1.72. The molecule has 0 aliphatic rings. The van der Waals surface area contributed by atoms with E-state index >= 15 is 0 Å². The zero-order valence-corrected chi connectivity index (χ0v) is 19.4. The maximum absolute atomic E-state index is 13.3. The first-order valence-corrected chi connectivity index (χ1v) is 11.9. The molecule has 7 heteroatoms. The van der Waals surface area contributed by atoms with Crippen LogP contribution in [0.3, 0.4) is 0 Å².